The topological polar surface area (TPSA) is 42.0 Å². The Morgan fingerprint density at radius 1 is 1.14 bits per heavy atom. The van der Waals surface area contributed by atoms with Gasteiger partial charge in [-0.05, 0) is 36.0 Å². The number of amides is 1. The van der Waals surface area contributed by atoms with E-state index >= 15 is 0 Å². The predicted molar refractivity (Wildman–Crippen MR) is 70.5 cm³/mol. The predicted octanol–water partition coefficient (Wildman–Crippen LogP) is 4.08. The average Bonchev–Trinajstić information content (AvgIpc) is 2.40. The molecule has 1 aromatic carbocycles. The van der Waals surface area contributed by atoms with Gasteiger partial charge in [0.1, 0.15) is 0 Å². The number of pyridine rings is 1. The Kier molecular flexibility index (Phi) is 4.46. The normalized spacial score (nSPS) is 11.2. The summed E-state index contributed by atoms with van der Waals surface area (Å²) in [5, 5.41) is 2.25. The summed E-state index contributed by atoms with van der Waals surface area (Å²) in [6, 6.07) is 7.95. The van der Waals surface area contributed by atoms with Crippen LogP contribution in [-0.4, -0.2) is 16.4 Å². The molecule has 21 heavy (non-hydrogen) atoms. The number of nitrogens with zero attached hydrogens (tertiary/aromatic N) is 1. The molecular weight excluding hydrogens is 308 g/mol. The summed E-state index contributed by atoms with van der Waals surface area (Å²) < 4.78 is 50.6. The van der Waals surface area contributed by atoms with Crippen LogP contribution in [0.4, 0.5) is 23.2 Å². The molecule has 0 fully saturated rings. The van der Waals surface area contributed by atoms with E-state index in [1.54, 1.807) is 0 Å². The Balaban J connectivity index is 2.24. The number of carbonyl (C=O) groups excluding carboxylic acids is 1. The van der Waals surface area contributed by atoms with Crippen LogP contribution in [-0.2, 0) is 0 Å². The van der Waals surface area contributed by atoms with E-state index in [0.717, 1.165) is 0 Å². The fourth-order valence-electron chi connectivity index (χ4n) is 1.53. The SMILES string of the molecule is O=C(Nc1ccccc1SC(F)(F)F)c1cccnc1F. The Morgan fingerprint density at radius 2 is 1.86 bits per heavy atom. The van der Waals surface area contributed by atoms with Gasteiger partial charge >= 0.3 is 5.51 Å². The molecule has 0 bridgehead atoms. The molecule has 1 N–H and O–H groups in total. The minimum Gasteiger partial charge on any atom is -0.321 e. The van der Waals surface area contributed by atoms with Gasteiger partial charge in [0.2, 0.25) is 5.95 Å². The molecule has 2 aromatic rings. The molecule has 1 amide bonds. The van der Waals surface area contributed by atoms with E-state index in [1.165, 1.54) is 42.6 Å². The van der Waals surface area contributed by atoms with E-state index < -0.39 is 17.4 Å². The van der Waals surface area contributed by atoms with Crippen molar-refractivity contribution in [1.29, 1.82) is 0 Å². The zero-order valence-corrected chi connectivity index (χ0v) is 11.1. The van der Waals surface area contributed by atoms with Crippen LogP contribution in [0.5, 0.6) is 0 Å². The largest absolute Gasteiger partial charge is 0.446 e. The number of rotatable bonds is 3. The number of para-hydroxylation sites is 1. The average molecular weight is 316 g/mol. The molecule has 0 saturated heterocycles. The zero-order chi connectivity index (χ0) is 15.5. The molecule has 2 rings (SSSR count). The van der Waals surface area contributed by atoms with Crippen molar-refractivity contribution in [3.05, 3.63) is 54.1 Å². The number of thioether (sulfide) groups is 1. The second-order valence-electron chi connectivity index (χ2n) is 3.84. The third-order valence-corrected chi connectivity index (χ3v) is 3.17. The van der Waals surface area contributed by atoms with Gasteiger partial charge in [-0.1, -0.05) is 12.1 Å². The molecule has 0 aliphatic carbocycles. The van der Waals surface area contributed by atoms with Gasteiger partial charge in [0.25, 0.3) is 5.91 Å². The summed E-state index contributed by atoms with van der Waals surface area (Å²) in [5.41, 5.74) is -4.88. The van der Waals surface area contributed by atoms with E-state index in [-0.39, 0.29) is 27.9 Å². The van der Waals surface area contributed by atoms with E-state index in [0.29, 0.717) is 0 Å². The molecule has 0 aliphatic rings. The number of hydrogen-bond donors (Lipinski definition) is 1. The fraction of sp³-hybridized carbons (Fsp3) is 0.0769. The Bertz CT molecular complexity index is 661. The number of benzene rings is 1. The summed E-state index contributed by atoms with van der Waals surface area (Å²) in [6.45, 7) is 0. The number of halogens is 4. The van der Waals surface area contributed by atoms with E-state index in [2.05, 4.69) is 10.3 Å². The highest BCUT2D eigenvalue weighted by atomic mass is 32.2. The number of nitrogens with one attached hydrogen (secondary N) is 1. The molecular formula is C13H8F4N2OS. The second-order valence-corrected chi connectivity index (χ2v) is 4.95. The van der Waals surface area contributed by atoms with Crippen LogP contribution in [0.3, 0.4) is 0 Å². The van der Waals surface area contributed by atoms with E-state index in [4.69, 9.17) is 0 Å². The van der Waals surface area contributed by atoms with Gasteiger partial charge in [0.05, 0.1) is 11.3 Å². The van der Waals surface area contributed by atoms with Gasteiger partial charge in [-0.25, -0.2) is 4.98 Å². The van der Waals surface area contributed by atoms with Crippen LogP contribution in [0.25, 0.3) is 0 Å². The number of anilines is 1. The minimum absolute atomic E-state index is 0.0481. The Morgan fingerprint density at radius 3 is 2.52 bits per heavy atom. The lowest BCUT2D eigenvalue weighted by Crippen LogP contribution is -2.15. The summed E-state index contributed by atoms with van der Waals surface area (Å²) >= 11 is -0.355. The lowest BCUT2D eigenvalue weighted by molar-refractivity contribution is -0.0328. The van der Waals surface area contributed by atoms with Crippen molar-refractivity contribution in [2.45, 2.75) is 10.4 Å². The van der Waals surface area contributed by atoms with Crippen molar-refractivity contribution in [2.24, 2.45) is 0 Å². The van der Waals surface area contributed by atoms with Gasteiger partial charge in [-0.15, -0.1) is 0 Å². The van der Waals surface area contributed by atoms with Crippen molar-refractivity contribution in [1.82, 2.24) is 4.98 Å². The van der Waals surface area contributed by atoms with Gasteiger partial charge in [-0.3, -0.25) is 4.79 Å². The van der Waals surface area contributed by atoms with Crippen LogP contribution >= 0.6 is 11.8 Å². The lowest BCUT2D eigenvalue weighted by Gasteiger charge is -2.12. The summed E-state index contributed by atoms with van der Waals surface area (Å²) in [7, 11) is 0. The van der Waals surface area contributed by atoms with Crippen molar-refractivity contribution in [3.8, 4) is 0 Å². The molecule has 0 aliphatic heterocycles. The first kappa shape index (κ1) is 15.3. The standard InChI is InChI=1S/C13H8F4N2OS/c14-11-8(4-3-7-18-11)12(20)19-9-5-1-2-6-10(9)21-13(15,16)17/h1-7H,(H,19,20). The first-order chi connectivity index (χ1) is 9.87. The number of aromatic nitrogens is 1. The molecule has 1 heterocycles. The zero-order valence-electron chi connectivity index (χ0n) is 10.3. The van der Waals surface area contributed by atoms with Crippen LogP contribution in [0, 0.1) is 5.95 Å². The monoisotopic (exact) mass is 316 g/mol. The second kappa shape index (κ2) is 6.13. The number of alkyl halides is 3. The van der Waals surface area contributed by atoms with Crippen molar-refractivity contribution in [2.75, 3.05) is 5.32 Å². The summed E-state index contributed by atoms with van der Waals surface area (Å²) in [4.78, 5) is 15.0. The van der Waals surface area contributed by atoms with Gasteiger partial charge < -0.3 is 5.32 Å². The highest BCUT2D eigenvalue weighted by Gasteiger charge is 2.30. The van der Waals surface area contributed by atoms with Crippen LogP contribution in [0.1, 0.15) is 10.4 Å². The van der Waals surface area contributed by atoms with Gasteiger partial charge in [0.15, 0.2) is 0 Å². The molecule has 1 aromatic heterocycles. The summed E-state index contributed by atoms with van der Waals surface area (Å²) in [5.74, 6) is -1.85. The lowest BCUT2D eigenvalue weighted by atomic mass is 10.2. The molecule has 0 spiro atoms. The van der Waals surface area contributed by atoms with E-state index in [1.807, 2.05) is 0 Å². The first-order valence-corrected chi connectivity index (χ1v) is 6.45. The third kappa shape index (κ3) is 4.19. The Hall–Kier alpha value is -2.09. The maximum Gasteiger partial charge on any atom is 0.446 e. The van der Waals surface area contributed by atoms with Crippen LogP contribution in [0.15, 0.2) is 47.5 Å². The third-order valence-electron chi connectivity index (χ3n) is 2.36. The van der Waals surface area contributed by atoms with Gasteiger partial charge in [-0.2, -0.15) is 17.6 Å². The highest BCUT2D eigenvalue weighted by Crippen LogP contribution is 2.40. The molecule has 0 saturated carbocycles. The number of carbonyl (C=O) groups is 1. The highest BCUT2D eigenvalue weighted by molar-refractivity contribution is 8.00. The molecule has 110 valence electrons. The fourth-order valence-corrected chi connectivity index (χ4v) is 2.15. The first-order valence-electron chi connectivity index (χ1n) is 5.63. The quantitative estimate of drug-likeness (QED) is 0.527. The maximum absolute atomic E-state index is 13.4. The van der Waals surface area contributed by atoms with Crippen LogP contribution < -0.4 is 5.32 Å². The Labute approximate surface area is 121 Å². The minimum atomic E-state index is -4.49. The van der Waals surface area contributed by atoms with E-state index in [9.17, 15) is 22.4 Å². The molecule has 0 unspecified atom stereocenters. The molecule has 0 radical (unpaired) electrons. The smallest absolute Gasteiger partial charge is 0.321 e. The van der Waals surface area contributed by atoms with Crippen LogP contribution in [0.2, 0.25) is 0 Å². The summed E-state index contributed by atoms with van der Waals surface area (Å²) in [6.07, 6.45) is 1.17. The molecule has 3 nitrogen and oxygen atoms in total. The van der Waals surface area contributed by atoms with Crippen molar-refractivity contribution in [3.63, 3.8) is 0 Å². The molecule has 0 atom stereocenters. The maximum atomic E-state index is 13.4. The molecule has 8 heteroatoms. The number of hydrogen-bond acceptors (Lipinski definition) is 3. The van der Waals surface area contributed by atoms with Gasteiger partial charge in [0, 0.05) is 11.1 Å². The van der Waals surface area contributed by atoms with Crippen molar-refractivity contribution < 1.29 is 22.4 Å². The van der Waals surface area contributed by atoms with Crippen molar-refractivity contribution >= 4 is 23.4 Å².